The maximum Gasteiger partial charge on any atom is 0.315 e. The molecule has 3 aliphatic carbocycles. The first kappa shape index (κ1) is 15.0. The van der Waals surface area contributed by atoms with Crippen LogP contribution in [0.15, 0.2) is 0 Å². The van der Waals surface area contributed by atoms with Crippen molar-refractivity contribution < 1.29 is 14.7 Å². The van der Waals surface area contributed by atoms with Crippen LogP contribution in [0.25, 0.3) is 0 Å². The number of fused-ring (bicyclic) bond motifs is 2. The van der Waals surface area contributed by atoms with Gasteiger partial charge in [-0.05, 0) is 50.2 Å². The predicted octanol–water partition coefficient (Wildman–Crippen LogP) is 2.07. The number of nitrogens with one attached hydrogen (secondary N) is 2. The van der Waals surface area contributed by atoms with E-state index in [4.69, 9.17) is 0 Å². The highest BCUT2D eigenvalue weighted by Gasteiger charge is 2.51. The first-order valence-corrected chi connectivity index (χ1v) is 9.09. The van der Waals surface area contributed by atoms with E-state index in [2.05, 4.69) is 16.9 Å². The van der Waals surface area contributed by atoms with Crippen LogP contribution in [-0.4, -0.2) is 40.7 Å². The second-order valence-corrected chi connectivity index (χ2v) is 8.06. The minimum absolute atomic E-state index is 0.187. The Morgan fingerprint density at radius 2 is 2.00 bits per heavy atom. The van der Waals surface area contributed by atoms with Gasteiger partial charge in [0.15, 0.2) is 0 Å². The van der Waals surface area contributed by atoms with E-state index in [0.29, 0.717) is 12.5 Å². The third kappa shape index (κ3) is 2.74. The molecule has 4 atom stereocenters. The third-order valence-corrected chi connectivity index (χ3v) is 7.19. The van der Waals surface area contributed by atoms with Gasteiger partial charge < -0.3 is 15.7 Å². The lowest BCUT2D eigenvalue weighted by atomic mass is 9.84. The van der Waals surface area contributed by atoms with Gasteiger partial charge in [-0.3, -0.25) is 4.79 Å². The number of urea groups is 1. The van der Waals surface area contributed by atoms with Gasteiger partial charge in [-0.2, -0.15) is 11.8 Å². The van der Waals surface area contributed by atoms with Crippen LogP contribution in [-0.2, 0) is 4.79 Å². The van der Waals surface area contributed by atoms with E-state index in [0.717, 1.165) is 32.1 Å². The molecule has 0 aliphatic heterocycles. The largest absolute Gasteiger partial charge is 0.481 e. The summed E-state index contributed by atoms with van der Waals surface area (Å²) >= 11 is 1.82. The fourth-order valence-corrected chi connectivity index (χ4v) is 5.24. The maximum absolute atomic E-state index is 12.1. The van der Waals surface area contributed by atoms with Crippen molar-refractivity contribution in [2.75, 3.05) is 12.8 Å². The summed E-state index contributed by atoms with van der Waals surface area (Å²) in [4.78, 5) is 23.5. The van der Waals surface area contributed by atoms with Crippen LogP contribution in [0.3, 0.4) is 0 Å². The Morgan fingerprint density at radius 3 is 2.57 bits per heavy atom. The van der Waals surface area contributed by atoms with Crippen LogP contribution in [0.1, 0.15) is 38.5 Å². The Hall–Kier alpha value is -0.910. The van der Waals surface area contributed by atoms with E-state index in [1.807, 2.05) is 11.8 Å². The van der Waals surface area contributed by atoms with E-state index >= 15 is 0 Å². The number of hydrogen-bond acceptors (Lipinski definition) is 3. The molecule has 3 aliphatic rings. The zero-order valence-corrected chi connectivity index (χ0v) is 13.2. The van der Waals surface area contributed by atoms with E-state index in [1.165, 1.54) is 6.42 Å². The van der Waals surface area contributed by atoms with Crippen LogP contribution in [0.2, 0.25) is 0 Å². The Labute approximate surface area is 129 Å². The zero-order valence-electron chi connectivity index (χ0n) is 12.4. The van der Waals surface area contributed by atoms with Crippen LogP contribution in [0.4, 0.5) is 4.79 Å². The summed E-state index contributed by atoms with van der Waals surface area (Å²) < 4.78 is 0.207. The van der Waals surface area contributed by atoms with Crippen molar-refractivity contribution in [2.24, 2.45) is 17.8 Å². The maximum atomic E-state index is 12.1. The molecule has 3 N–H and O–H groups in total. The minimum atomic E-state index is -0.757. The van der Waals surface area contributed by atoms with Crippen molar-refractivity contribution >= 4 is 23.8 Å². The number of hydrogen-bond donors (Lipinski definition) is 3. The summed E-state index contributed by atoms with van der Waals surface area (Å²) in [5.41, 5.74) is 0. The molecule has 3 saturated carbocycles. The fourth-order valence-electron chi connectivity index (χ4n) is 4.32. The topological polar surface area (TPSA) is 78.4 Å². The van der Waals surface area contributed by atoms with Crippen LogP contribution in [0, 0.1) is 17.8 Å². The van der Waals surface area contributed by atoms with Gasteiger partial charge in [0.2, 0.25) is 0 Å². The summed E-state index contributed by atoms with van der Waals surface area (Å²) in [6.07, 6.45) is 8.63. The quantitative estimate of drug-likeness (QED) is 0.726. The lowest BCUT2D eigenvalue weighted by Crippen LogP contribution is -2.53. The van der Waals surface area contributed by atoms with Crippen molar-refractivity contribution in [1.29, 1.82) is 0 Å². The predicted molar refractivity (Wildman–Crippen MR) is 82.4 cm³/mol. The van der Waals surface area contributed by atoms with Crippen LogP contribution >= 0.6 is 11.8 Å². The Morgan fingerprint density at radius 1 is 1.29 bits per heavy atom. The molecule has 3 fully saturated rings. The first-order chi connectivity index (χ1) is 10.0. The second-order valence-electron chi connectivity index (χ2n) is 6.79. The lowest BCUT2D eigenvalue weighted by molar-refractivity contribution is -0.144. The highest BCUT2D eigenvalue weighted by atomic mass is 32.2. The smallest absolute Gasteiger partial charge is 0.315 e. The number of carboxylic acid groups (broad SMARTS) is 1. The zero-order chi connectivity index (χ0) is 15.0. The highest BCUT2D eigenvalue weighted by molar-refractivity contribution is 8.00. The molecule has 3 rings (SSSR count). The van der Waals surface area contributed by atoms with E-state index in [1.54, 1.807) is 0 Å². The number of amides is 2. The number of thioether (sulfide) groups is 1. The molecular formula is C15H24N2O3S. The molecule has 0 radical (unpaired) electrons. The van der Waals surface area contributed by atoms with Crippen molar-refractivity contribution in [2.45, 2.75) is 49.3 Å². The molecule has 118 valence electrons. The van der Waals surface area contributed by atoms with Crippen molar-refractivity contribution in [3.63, 3.8) is 0 Å². The van der Waals surface area contributed by atoms with Gasteiger partial charge in [0, 0.05) is 17.3 Å². The summed E-state index contributed by atoms with van der Waals surface area (Å²) in [6, 6.07) is -0.382. The third-order valence-electron chi connectivity index (χ3n) is 5.77. The molecule has 0 aromatic rings. The minimum Gasteiger partial charge on any atom is -0.481 e. The average molecular weight is 312 g/mol. The molecule has 0 heterocycles. The SMILES string of the molecule is CSC1(CNC(=O)NC2C3CCC(C3)C2C(=O)O)CCC1. The summed E-state index contributed by atoms with van der Waals surface area (Å²) in [5.74, 6) is -0.554. The molecular weight excluding hydrogens is 288 g/mol. The first-order valence-electron chi connectivity index (χ1n) is 7.87. The van der Waals surface area contributed by atoms with Gasteiger partial charge >= 0.3 is 12.0 Å². The molecule has 0 aromatic carbocycles. The molecule has 6 heteroatoms. The van der Waals surface area contributed by atoms with E-state index in [9.17, 15) is 14.7 Å². The van der Waals surface area contributed by atoms with Crippen LogP contribution in [0.5, 0.6) is 0 Å². The summed E-state index contributed by atoms with van der Waals surface area (Å²) in [5, 5.41) is 15.3. The van der Waals surface area contributed by atoms with Crippen molar-refractivity contribution in [1.82, 2.24) is 10.6 Å². The van der Waals surface area contributed by atoms with E-state index < -0.39 is 11.9 Å². The molecule has 4 unspecified atom stereocenters. The van der Waals surface area contributed by atoms with Gasteiger partial charge in [0.25, 0.3) is 0 Å². The summed E-state index contributed by atoms with van der Waals surface area (Å²) in [7, 11) is 0. The molecule has 0 saturated heterocycles. The molecule has 2 bridgehead atoms. The second kappa shape index (κ2) is 5.71. The monoisotopic (exact) mass is 312 g/mol. The van der Waals surface area contributed by atoms with E-state index in [-0.39, 0.29) is 22.7 Å². The van der Waals surface area contributed by atoms with Gasteiger partial charge in [0.1, 0.15) is 0 Å². The molecule has 5 nitrogen and oxygen atoms in total. The van der Waals surface area contributed by atoms with Crippen LogP contribution < -0.4 is 10.6 Å². The van der Waals surface area contributed by atoms with Crippen molar-refractivity contribution in [3.8, 4) is 0 Å². The fraction of sp³-hybridized carbons (Fsp3) is 0.867. The molecule has 0 spiro atoms. The number of carbonyl (C=O) groups is 2. The Kier molecular flexibility index (Phi) is 4.08. The molecule has 2 amide bonds. The van der Waals surface area contributed by atoms with Gasteiger partial charge in [-0.1, -0.05) is 6.42 Å². The normalized spacial score (nSPS) is 36.0. The number of carbonyl (C=O) groups excluding carboxylic acids is 1. The standard InChI is InChI=1S/C15H24N2O3S/c1-21-15(5-2-6-15)8-16-14(20)17-12-10-4-3-9(7-10)11(12)13(18)19/h9-12H,2-8H2,1H3,(H,18,19)(H2,16,17,20). The Bertz CT molecular complexity index is 433. The Balaban J connectivity index is 1.53. The molecule has 0 aromatic heterocycles. The summed E-state index contributed by atoms with van der Waals surface area (Å²) in [6.45, 7) is 0.679. The van der Waals surface area contributed by atoms with Crippen molar-refractivity contribution in [3.05, 3.63) is 0 Å². The number of rotatable bonds is 5. The number of aliphatic carboxylic acids is 1. The highest BCUT2D eigenvalue weighted by Crippen LogP contribution is 2.48. The number of carboxylic acids is 1. The van der Waals surface area contributed by atoms with Gasteiger partial charge in [-0.15, -0.1) is 0 Å². The lowest BCUT2D eigenvalue weighted by Gasteiger charge is -2.40. The van der Waals surface area contributed by atoms with Gasteiger partial charge in [0.05, 0.1) is 5.92 Å². The van der Waals surface area contributed by atoms with Gasteiger partial charge in [-0.25, -0.2) is 4.79 Å². The molecule has 21 heavy (non-hydrogen) atoms. The average Bonchev–Trinajstić information content (AvgIpc) is 2.98.